The number of nitrogens with zero attached hydrogens (tertiary/aromatic N) is 2. The van der Waals surface area contributed by atoms with E-state index in [9.17, 15) is 4.79 Å². The minimum atomic E-state index is 0.0184. The smallest absolute Gasteiger partial charge is 0.156 e. The molecule has 0 aromatic carbocycles. The van der Waals surface area contributed by atoms with Gasteiger partial charge in [-0.1, -0.05) is 20.8 Å². The van der Waals surface area contributed by atoms with Crippen LogP contribution in [0.4, 0.5) is 0 Å². The van der Waals surface area contributed by atoms with Crippen molar-refractivity contribution >= 4 is 17.1 Å². The molecule has 0 saturated carbocycles. The Labute approximate surface area is 106 Å². The van der Waals surface area contributed by atoms with Gasteiger partial charge in [-0.25, -0.2) is 0 Å². The van der Waals surface area contributed by atoms with E-state index in [1.54, 1.807) is 11.3 Å². The molecule has 1 saturated heterocycles. The third kappa shape index (κ3) is 3.10. The molecule has 0 amide bonds. The summed E-state index contributed by atoms with van der Waals surface area (Å²) in [5, 5.41) is 13.3. The second-order valence-electron chi connectivity index (χ2n) is 5.54. The first kappa shape index (κ1) is 12.6. The number of aromatic nitrogens is 2. The molecule has 1 fully saturated rings. The summed E-state index contributed by atoms with van der Waals surface area (Å²) >= 11 is 1.56. The van der Waals surface area contributed by atoms with Crippen LogP contribution in [0.15, 0.2) is 0 Å². The highest BCUT2D eigenvalue weighted by atomic mass is 32.1. The number of nitrogens with one attached hydrogen (secondary N) is 1. The van der Waals surface area contributed by atoms with Gasteiger partial charge in [0, 0.05) is 5.41 Å². The first-order valence-corrected chi connectivity index (χ1v) is 6.87. The summed E-state index contributed by atoms with van der Waals surface area (Å²) in [6.07, 6.45) is 2.48. The highest BCUT2D eigenvalue weighted by Gasteiger charge is 2.24. The second kappa shape index (κ2) is 4.82. The van der Waals surface area contributed by atoms with Crippen molar-refractivity contribution in [2.24, 2.45) is 0 Å². The summed E-state index contributed by atoms with van der Waals surface area (Å²) in [6.45, 7) is 7.28. The van der Waals surface area contributed by atoms with E-state index in [0.717, 1.165) is 29.4 Å². The lowest BCUT2D eigenvalue weighted by atomic mass is 9.98. The van der Waals surface area contributed by atoms with Crippen LogP contribution in [-0.2, 0) is 16.6 Å². The SMILES string of the molecule is CC(C)(C)c1nnc(CC(=O)[C@@H]2CCCN2)s1. The van der Waals surface area contributed by atoms with E-state index < -0.39 is 0 Å². The van der Waals surface area contributed by atoms with Crippen LogP contribution >= 0.6 is 11.3 Å². The molecule has 0 radical (unpaired) electrons. The minimum Gasteiger partial charge on any atom is -0.307 e. The maximum Gasteiger partial charge on any atom is 0.156 e. The first-order chi connectivity index (χ1) is 7.97. The lowest BCUT2D eigenvalue weighted by Gasteiger charge is -2.12. The molecule has 1 N–H and O–H groups in total. The van der Waals surface area contributed by atoms with Crippen LogP contribution in [-0.4, -0.2) is 28.6 Å². The van der Waals surface area contributed by atoms with E-state index in [0.29, 0.717) is 6.42 Å². The summed E-state index contributed by atoms with van der Waals surface area (Å²) in [4.78, 5) is 12.0. The zero-order chi connectivity index (χ0) is 12.5. The predicted octanol–water partition coefficient (Wildman–Crippen LogP) is 1.70. The fourth-order valence-electron chi connectivity index (χ4n) is 1.86. The Kier molecular flexibility index (Phi) is 3.58. The molecule has 5 heteroatoms. The fourth-order valence-corrected chi connectivity index (χ4v) is 2.77. The van der Waals surface area contributed by atoms with Gasteiger partial charge in [0.1, 0.15) is 10.0 Å². The largest absolute Gasteiger partial charge is 0.307 e. The van der Waals surface area contributed by atoms with Crippen molar-refractivity contribution in [3.8, 4) is 0 Å². The maximum absolute atomic E-state index is 12.0. The van der Waals surface area contributed by atoms with Crippen molar-refractivity contribution in [1.29, 1.82) is 0 Å². The lowest BCUT2D eigenvalue weighted by molar-refractivity contribution is -0.120. The Balaban J connectivity index is 1.99. The number of rotatable bonds is 3. The van der Waals surface area contributed by atoms with Gasteiger partial charge in [-0.15, -0.1) is 21.5 Å². The third-order valence-electron chi connectivity index (χ3n) is 2.88. The normalized spacial score (nSPS) is 20.8. The van der Waals surface area contributed by atoms with Gasteiger partial charge in [0.2, 0.25) is 0 Å². The molecule has 1 aromatic rings. The third-order valence-corrected chi connectivity index (χ3v) is 4.23. The van der Waals surface area contributed by atoms with E-state index >= 15 is 0 Å². The molecule has 0 unspecified atom stereocenters. The van der Waals surface area contributed by atoms with E-state index in [-0.39, 0.29) is 17.2 Å². The zero-order valence-electron chi connectivity index (χ0n) is 10.6. The molecule has 17 heavy (non-hydrogen) atoms. The average molecular weight is 253 g/mol. The Bertz CT molecular complexity index is 402. The van der Waals surface area contributed by atoms with Crippen molar-refractivity contribution < 1.29 is 4.79 Å². The number of Topliss-reactive ketones (excluding diaryl/α,β-unsaturated/α-hetero) is 1. The standard InChI is InChI=1S/C12H19N3OS/c1-12(2,3)11-15-14-10(17-11)7-9(16)8-5-4-6-13-8/h8,13H,4-7H2,1-3H3/t8-/m0/s1. The molecule has 1 atom stereocenters. The van der Waals surface area contributed by atoms with Gasteiger partial charge in [0.25, 0.3) is 0 Å². The molecular weight excluding hydrogens is 234 g/mol. The topological polar surface area (TPSA) is 54.9 Å². The molecule has 2 heterocycles. The van der Waals surface area contributed by atoms with Crippen molar-refractivity contribution in [3.63, 3.8) is 0 Å². The molecule has 1 aliphatic rings. The monoisotopic (exact) mass is 253 g/mol. The molecule has 0 spiro atoms. The van der Waals surface area contributed by atoms with Crippen molar-refractivity contribution in [2.75, 3.05) is 6.54 Å². The van der Waals surface area contributed by atoms with Crippen molar-refractivity contribution in [3.05, 3.63) is 10.0 Å². The van der Waals surface area contributed by atoms with Gasteiger partial charge >= 0.3 is 0 Å². The van der Waals surface area contributed by atoms with Crippen LogP contribution < -0.4 is 5.32 Å². The van der Waals surface area contributed by atoms with Gasteiger partial charge in [-0.2, -0.15) is 0 Å². The van der Waals surface area contributed by atoms with Crippen LogP contribution in [0.5, 0.6) is 0 Å². The van der Waals surface area contributed by atoms with Crippen LogP contribution in [0.1, 0.15) is 43.6 Å². The molecule has 1 aromatic heterocycles. The minimum absolute atomic E-state index is 0.0184. The Hall–Kier alpha value is -0.810. The first-order valence-electron chi connectivity index (χ1n) is 6.06. The van der Waals surface area contributed by atoms with Crippen LogP contribution in [0.25, 0.3) is 0 Å². The molecule has 94 valence electrons. The molecule has 0 aliphatic carbocycles. The summed E-state index contributed by atoms with van der Waals surface area (Å²) in [5.41, 5.74) is 0.0184. The van der Waals surface area contributed by atoms with Crippen molar-refractivity contribution in [1.82, 2.24) is 15.5 Å². The molecular formula is C12H19N3OS. The summed E-state index contributed by atoms with van der Waals surface area (Å²) < 4.78 is 0. The molecule has 1 aliphatic heterocycles. The van der Waals surface area contributed by atoms with E-state index in [1.807, 2.05) is 0 Å². The van der Waals surface area contributed by atoms with Gasteiger partial charge in [-0.05, 0) is 19.4 Å². The molecule has 4 nitrogen and oxygen atoms in total. The zero-order valence-corrected chi connectivity index (χ0v) is 11.4. The van der Waals surface area contributed by atoms with Crippen molar-refractivity contribution in [2.45, 2.75) is 51.5 Å². The molecule has 0 bridgehead atoms. The summed E-state index contributed by atoms with van der Waals surface area (Å²) in [5.74, 6) is 0.249. The quantitative estimate of drug-likeness (QED) is 0.891. The number of hydrogen-bond donors (Lipinski definition) is 1. The highest BCUT2D eigenvalue weighted by Crippen LogP contribution is 2.25. The number of ketones is 1. The highest BCUT2D eigenvalue weighted by molar-refractivity contribution is 7.11. The average Bonchev–Trinajstić information content (AvgIpc) is 2.85. The molecule has 2 rings (SSSR count). The van der Waals surface area contributed by atoms with Gasteiger partial charge in [0.15, 0.2) is 5.78 Å². The number of carbonyl (C=O) groups excluding carboxylic acids is 1. The number of hydrogen-bond acceptors (Lipinski definition) is 5. The van der Waals surface area contributed by atoms with Gasteiger partial charge in [-0.3, -0.25) is 4.79 Å². The predicted molar refractivity (Wildman–Crippen MR) is 68.3 cm³/mol. The van der Waals surface area contributed by atoms with Gasteiger partial charge in [0.05, 0.1) is 12.5 Å². The summed E-state index contributed by atoms with van der Waals surface area (Å²) in [7, 11) is 0. The summed E-state index contributed by atoms with van der Waals surface area (Å²) in [6, 6.07) is 0.0389. The van der Waals surface area contributed by atoms with Crippen LogP contribution in [0, 0.1) is 0 Å². The van der Waals surface area contributed by atoms with E-state index in [2.05, 4.69) is 36.3 Å². The second-order valence-corrected chi connectivity index (χ2v) is 6.61. The van der Waals surface area contributed by atoms with E-state index in [4.69, 9.17) is 0 Å². The van der Waals surface area contributed by atoms with Crippen LogP contribution in [0.2, 0.25) is 0 Å². The Morgan fingerprint density at radius 1 is 1.47 bits per heavy atom. The number of carbonyl (C=O) groups is 1. The van der Waals surface area contributed by atoms with Crippen LogP contribution in [0.3, 0.4) is 0 Å². The van der Waals surface area contributed by atoms with E-state index in [1.165, 1.54) is 0 Å². The van der Waals surface area contributed by atoms with Gasteiger partial charge < -0.3 is 5.32 Å². The Morgan fingerprint density at radius 3 is 2.76 bits per heavy atom. The fraction of sp³-hybridized carbons (Fsp3) is 0.750. The lowest BCUT2D eigenvalue weighted by Crippen LogP contribution is -2.31. The maximum atomic E-state index is 12.0. The Morgan fingerprint density at radius 2 is 2.24 bits per heavy atom.